The van der Waals surface area contributed by atoms with Crippen molar-refractivity contribution < 1.29 is 9.84 Å². The first-order chi connectivity index (χ1) is 7.33. The molecule has 1 rings (SSSR count). The second kappa shape index (κ2) is 6.71. The number of nitrogens with two attached hydrogens (primary N) is 1. The molecule has 3 N–H and O–H groups in total. The lowest BCUT2D eigenvalue weighted by Crippen LogP contribution is -2.06. The van der Waals surface area contributed by atoms with Crippen LogP contribution in [0.1, 0.15) is 12.0 Å². The fourth-order valence-electron chi connectivity index (χ4n) is 1.32. The maximum atomic E-state index is 8.66. The number of thioether (sulfide) groups is 1. The summed E-state index contributed by atoms with van der Waals surface area (Å²) in [7, 11) is 0. The van der Waals surface area contributed by atoms with E-state index in [4.69, 9.17) is 15.6 Å². The van der Waals surface area contributed by atoms with Crippen molar-refractivity contribution >= 4 is 11.8 Å². The molecule has 0 radical (unpaired) electrons. The standard InChI is InChI=1S/C11H17NO2S/c1-15-11-5-2-4-10(9(11)8-12)14-7-3-6-13/h2,4-5,13H,3,6-8,12H2,1H3. The Balaban J connectivity index is 2.76. The highest BCUT2D eigenvalue weighted by Crippen LogP contribution is 2.28. The summed E-state index contributed by atoms with van der Waals surface area (Å²) < 4.78 is 5.56. The molecule has 15 heavy (non-hydrogen) atoms. The van der Waals surface area contributed by atoms with Crippen molar-refractivity contribution in [1.29, 1.82) is 0 Å². The average Bonchev–Trinajstić information content (AvgIpc) is 2.29. The third-order valence-corrected chi connectivity index (χ3v) is 2.90. The summed E-state index contributed by atoms with van der Waals surface area (Å²) in [6.45, 7) is 1.16. The Bertz CT molecular complexity index is 305. The summed E-state index contributed by atoms with van der Waals surface area (Å²) in [6.07, 6.45) is 2.67. The fourth-order valence-corrected chi connectivity index (χ4v) is 1.96. The first kappa shape index (κ1) is 12.4. The van der Waals surface area contributed by atoms with Gasteiger partial charge >= 0.3 is 0 Å². The predicted molar refractivity (Wildman–Crippen MR) is 63.3 cm³/mol. The Morgan fingerprint density at radius 3 is 2.87 bits per heavy atom. The number of benzene rings is 1. The Kier molecular flexibility index (Phi) is 5.53. The van der Waals surface area contributed by atoms with E-state index in [9.17, 15) is 0 Å². The second-order valence-electron chi connectivity index (χ2n) is 3.07. The maximum Gasteiger partial charge on any atom is 0.124 e. The topological polar surface area (TPSA) is 55.5 Å². The number of hydrogen-bond acceptors (Lipinski definition) is 4. The van der Waals surface area contributed by atoms with Crippen molar-refractivity contribution in [1.82, 2.24) is 0 Å². The van der Waals surface area contributed by atoms with Gasteiger partial charge in [0.25, 0.3) is 0 Å². The number of aliphatic hydroxyl groups excluding tert-OH is 1. The summed E-state index contributed by atoms with van der Waals surface area (Å²) in [5.41, 5.74) is 6.73. The summed E-state index contributed by atoms with van der Waals surface area (Å²) >= 11 is 1.66. The molecule has 0 aliphatic heterocycles. The molecular weight excluding hydrogens is 210 g/mol. The van der Waals surface area contributed by atoms with Gasteiger partial charge in [0.05, 0.1) is 6.61 Å². The van der Waals surface area contributed by atoms with Crippen LogP contribution in [0, 0.1) is 0 Å². The van der Waals surface area contributed by atoms with Crippen LogP contribution in [0.5, 0.6) is 5.75 Å². The summed E-state index contributed by atoms with van der Waals surface area (Å²) in [6, 6.07) is 5.91. The van der Waals surface area contributed by atoms with Gasteiger partial charge in [-0.1, -0.05) is 6.07 Å². The van der Waals surface area contributed by atoms with Gasteiger partial charge < -0.3 is 15.6 Å². The zero-order chi connectivity index (χ0) is 11.1. The number of ether oxygens (including phenoxy) is 1. The van der Waals surface area contributed by atoms with Gasteiger partial charge in [0.15, 0.2) is 0 Å². The highest BCUT2D eigenvalue weighted by atomic mass is 32.2. The van der Waals surface area contributed by atoms with Gasteiger partial charge in [-0.05, 0) is 18.4 Å². The molecule has 0 spiro atoms. The Hall–Kier alpha value is -0.710. The van der Waals surface area contributed by atoms with Crippen molar-refractivity contribution in [2.45, 2.75) is 17.9 Å². The van der Waals surface area contributed by atoms with E-state index in [1.807, 2.05) is 24.5 Å². The van der Waals surface area contributed by atoms with Gasteiger partial charge in [-0.3, -0.25) is 0 Å². The lowest BCUT2D eigenvalue weighted by atomic mass is 10.2. The molecule has 0 amide bonds. The highest BCUT2D eigenvalue weighted by molar-refractivity contribution is 7.98. The van der Waals surface area contributed by atoms with Crippen LogP contribution in [0.2, 0.25) is 0 Å². The van der Waals surface area contributed by atoms with Crippen molar-refractivity contribution in [2.75, 3.05) is 19.5 Å². The summed E-state index contributed by atoms with van der Waals surface area (Å²) in [4.78, 5) is 1.15. The normalized spacial score (nSPS) is 10.3. The van der Waals surface area contributed by atoms with Gasteiger partial charge in [-0.2, -0.15) is 0 Å². The average molecular weight is 227 g/mol. The van der Waals surface area contributed by atoms with Crippen LogP contribution in [0.15, 0.2) is 23.1 Å². The third kappa shape index (κ3) is 3.41. The molecule has 0 fully saturated rings. The lowest BCUT2D eigenvalue weighted by Gasteiger charge is -2.12. The maximum absolute atomic E-state index is 8.66. The molecule has 0 unspecified atom stereocenters. The second-order valence-corrected chi connectivity index (χ2v) is 3.91. The van der Waals surface area contributed by atoms with Crippen LogP contribution < -0.4 is 10.5 Å². The van der Waals surface area contributed by atoms with E-state index in [2.05, 4.69) is 0 Å². The molecule has 0 aliphatic carbocycles. The van der Waals surface area contributed by atoms with Gasteiger partial charge in [0.1, 0.15) is 5.75 Å². The fraction of sp³-hybridized carbons (Fsp3) is 0.455. The molecule has 0 saturated carbocycles. The van der Waals surface area contributed by atoms with Gasteiger partial charge in [-0.25, -0.2) is 0 Å². The molecule has 3 nitrogen and oxygen atoms in total. The molecule has 84 valence electrons. The zero-order valence-corrected chi connectivity index (χ0v) is 9.72. The molecule has 0 aromatic heterocycles. The molecule has 0 saturated heterocycles. The highest BCUT2D eigenvalue weighted by Gasteiger charge is 2.06. The van der Waals surface area contributed by atoms with E-state index in [1.165, 1.54) is 0 Å². The minimum atomic E-state index is 0.153. The third-order valence-electron chi connectivity index (χ3n) is 2.07. The summed E-state index contributed by atoms with van der Waals surface area (Å²) in [5.74, 6) is 0.831. The quantitative estimate of drug-likeness (QED) is 0.573. The number of hydrogen-bond donors (Lipinski definition) is 2. The molecule has 0 aliphatic rings. The van der Waals surface area contributed by atoms with E-state index >= 15 is 0 Å². The van der Waals surface area contributed by atoms with Crippen LogP contribution in [-0.2, 0) is 6.54 Å². The van der Waals surface area contributed by atoms with Gasteiger partial charge in [0.2, 0.25) is 0 Å². The van der Waals surface area contributed by atoms with Gasteiger partial charge in [0, 0.05) is 30.0 Å². The molecule has 0 bridgehead atoms. The Morgan fingerprint density at radius 2 is 2.27 bits per heavy atom. The van der Waals surface area contributed by atoms with Gasteiger partial charge in [-0.15, -0.1) is 11.8 Å². The SMILES string of the molecule is CSc1cccc(OCCCO)c1CN. The van der Waals surface area contributed by atoms with Crippen molar-refractivity contribution in [3.05, 3.63) is 23.8 Å². The zero-order valence-electron chi connectivity index (χ0n) is 8.90. The van der Waals surface area contributed by atoms with Crippen molar-refractivity contribution in [2.24, 2.45) is 5.73 Å². The van der Waals surface area contributed by atoms with E-state index in [-0.39, 0.29) is 6.61 Å². The molecule has 4 heteroatoms. The van der Waals surface area contributed by atoms with E-state index in [1.54, 1.807) is 11.8 Å². The number of rotatable bonds is 6. The monoisotopic (exact) mass is 227 g/mol. The van der Waals surface area contributed by atoms with Crippen LogP contribution in [0.3, 0.4) is 0 Å². The minimum absolute atomic E-state index is 0.153. The van der Waals surface area contributed by atoms with E-state index in [0.29, 0.717) is 19.6 Å². The lowest BCUT2D eigenvalue weighted by molar-refractivity contribution is 0.232. The molecule has 1 aromatic rings. The molecule has 0 heterocycles. The minimum Gasteiger partial charge on any atom is -0.493 e. The van der Waals surface area contributed by atoms with E-state index in [0.717, 1.165) is 16.2 Å². The molecule has 1 aromatic carbocycles. The van der Waals surface area contributed by atoms with Crippen molar-refractivity contribution in [3.63, 3.8) is 0 Å². The van der Waals surface area contributed by atoms with Crippen LogP contribution in [0.25, 0.3) is 0 Å². The summed E-state index contributed by atoms with van der Waals surface area (Å²) in [5, 5.41) is 8.66. The van der Waals surface area contributed by atoms with E-state index < -0.39 is 0 Å². The predicted octanol–water partition coefficient (Wildman–Crippen LogP) is 1.63. The first-order valence-corrected chi connectivity index (χ1v) is 6.15. The Labute approximate surface area is 94.6 Å². The van der Waals surface area contributed by atoms with Crippen molar-refractivity contribution in [3.8, 4) is 5.75 Å². The molecular formula is C11H17NO2S. The smallest absolute Gasteiger partial charge is 0.124 e. The molecule has 0 atom stereocenters. The number of aliphatic hydroxyl groups is 1. The van der Waals surface area contributed by atoms with Crippen LogP contribution in [0.4, 0.5) is 0 Å². The van der Waals surface area contributed by atoms with Crippen LogP contribution in [-0.4, -0.2) is 24.6 Å². The largest absolute Gasteiger partial charge is 0.493 e. The van der Waals surface area contributed by atoms with Crippen LogP contribution >= 0.6 is 11.8 Å². The Morgan fingerprint density at radius 1 is 1.47 bits per heavy atom. The first-order valence-electron chi connectivity index (χ1n) is 4.93.